The van der Waals surface area contributed by atoms with Crippen LogP contribution in [0.15, 0.2) is 18.2 Å². The van der Waals surface area contributed by atoms with E-state index in [1.165, 1.54) is 18.2 Å². The maximum atomic E-state index is 12.5. The standard InChI is InChI=1S/C14H17ClN2O4/c1-9(18)10-3-2-4-16(8-10)14(19)11-5-12(15)7-13(6-11)17(20)21/h5-7,9-10,18H,2-4,8H2,1H3. The molecule has 1 amide bonds. The number of nitro groups is 1. The number of benzene rings is 1. The molecule has 0 saturated carbocycles. The molecule has 0 aliphatic carbocycles. The van der Waals surface area contributed by atoms with Crippen molar-refractivity contribution in [3.63, 3.8) is 0 Å². The first kappa shape index (κ1) is 15.7. The summed E-state index contributed by atoms with van der Waals surface area (Å²) in [5.41, 5.74) is 0.00961. The molecular formula is C14H17ClN2O4. The van der Waals surface area contributed by atoms with Crippen molar-refractivity contribution in [1.29, 1.82) is 0 Å². The van der Waals surface area contributed by atoms with Crippen LogP contribution in [0.3, 0.4) is 0 Å². The molecule has 1 fully saturated rings. The number of amides is 1. The molecule has 0 spiro atoms. The van der Waals surface area contributed by atoms with Crippen molar-refractivity contribution in [2.45, 2.75) is 25.9 Å². The van der Waals surface area contributed by atoms with Gasteiger partial charge in [0.15, 0.2) is 0 Å². The van der Waals surface area contributed by atoms with Crippen LogP contribution < -0.4 is 0 Å². The van der Waals surface area contributed by atoms with E-state index in [-0.39, 0.29) is 28.1 Å². The summed E-state index contributed by atoms with van der Waals surface area (Å²) in [6.07, 6.45) is 1.20. The van der Waals surface area contributed by atoms with Crippen molar-refractivity contribution >= 4 is 23.2 Å². The SMILES string of the molecule is CC(O)C1CCCN(C(=O)c2cc(Cl)cc([N+](=O)[O-])c2)C1. The Bertz CT molecular complexity index is 562. The predicted octanol–water partition coefficient (Wildman–Crippen LogP) is 2.48. The Morgan fingerprint density at radius 1 is 1.52 bits per heavy atom. The van der Waals surface area contributed by atoms with E-state index in [0.717, 1.165) is 12.8 Å². The third kappa shape index (κ3) is 3.71. The molecule has 2 atom stereocenters. The Morgan fingerprint density at radius 2 is 2.24 bits per heavy atom. The Labute approximate surface area is 127 Å². The average molecular weight is 313 g/mol. The number of nitro benzene ring substituents is 1. The van der Waals surface area contributed by atoms with Gasteiger partial charge < -0.3 is 10.0 Å². The van der Waals surface area contributed by atoms with Gasteiger partial charge in [-0.2, -0.15) is 0 Å². The molecule has 21 heavy (non-hydrogen) atoms. The van der Waals surface area contributed by atoms with E-state index in [2.05, 4.69) is 0 Å². The lowest BCUT2D eigenvalue weighted by Crippen LogP contribution is -2.42. The number of non-ortho nitro benzene ring substituents is 1. The molecule has 6 nitrogen and oxygen atoms in total. The first-order valence-corrected chi connectivity index (χ1v) is 7.18. The van der Waals surface area contributed by atoms with E-state index in [4.69, 9.17) is 11.6 Å². The number of likely N-dealkylation sites (tertiary alicyclic amines) is 1. The minimum absolute atomic E-state index is 0.0388. The fraction of sp³-hybridized carbons (Fsp3) is 0.500. The zero-order valence-electron chi connectivity index (χ0n) is 11.7. The van der Waals surface area contributed by atoms with Gasteiger partial charge in [-0.1, -0.05) is 11.6 Å². The molecule has 2 unspecified atom stereocenters. The quantitative estimate of drug-likeness (QED) is 0.686. The molecule has 114 valence electrons. The number of hydrogen-bond acceptors (Lipinski definition) is 4. The van der Waals surface area contributed by atoms with Crippen LogP contribution in [0.5, 0.6) is 0 Å². The lowest BCUT2D eigenvalue weighted by atomic mass is 9.93. The molecule has 7 heteroatoms. The molecule has 1 heterocycles. The van der Waals surface area contributed by atoms with Crippen molar-refractivity contribution in [1.82, 2.24) is 4.90 Å². The molecule has 0 aromatic heterocycles. The fourth-order valence-corrected chi connectivity index (χ4v) is 2.80. The number of hydrogen-bond donors (Lipinski definition) is 1. The van der Waals surface area contributed by atoms with Crippen LogP contribution in [0.2, 0.25) is 5.02 Å². The summed E-state index contributed by atoms with van der Waals surface area (Å²) in [5.74, 6) is -0.247. The highest BCUT2D eigenvalue weighted by molar-refractivity contribution is 6.31. The summed E-state index contributed by atoms with van der Waals surface area (Å²) in [7, 11) is 0. The van der Waals surface area contributed by atoms with Gasteiger partial charge >= 0.3 is 0 Å². The van der Waals surface area contributed by atoms with Crippen LogP contribution in [-0.4, -0.2) is 40.0 Å². The highest BCUT2D eigenvalue weighted by atomic mass is 35.5. The predicted molar refractivity (Wildman–Crippen MR) is 78.4 cm³/mol. The number of aliphatic hydroxyl groups is 1. The van der Waals surface area contributed by atoms with Gasteiger partial charge in [0.25, 0.3) is 11.6 Å². The van der Waals surface area contributed by atoms with Gasteiger partial charge in [0.1, 0.15) is 0 Å². The summed E-state index contributed by atoms with van der Waals surface area (Å²) in [5, 5.41) is 20.7. The van der Waals surface area contributed by atoms with Crippen molar-refractivity contribution in [2.24, 2.45) is 5.92 Å². The third-order valence-electron chi connectivity index (χ3n) is 3.77. The van der Waals surface area contributed by atoms with E-state index >= 15 is 0 Å². The molecule has 1 aromatic carbocycles. The fourth-order valence-electron chi connectivity index (χ4n) is 2.57. The highest BCUT2D eigenvalue weighted by Gasteiger charge is 2.27. The first-order valence-electron chi connectivity index (χ1n) is 6.81. The summed E-state index contributed by atoms with van der Waals surface area (Å²) >= 11 is 5.84. The van der Waals surface area contributed by atoms with Gasteiger partial charge in [0.05, 0.1) is 11.0 Å². The molecule has 1 aliphatic heterocycles. The number of rotatable bonds is 3. The Kier molecular flexibility index (Phi) is 4.80. The van der Waals surface area contributed by atoms with Gasteiger partial charge in [-0.15, -0.1) is 0 Å². The van der Waals surface area contributed by atoms with Crippen molar-refractivity contribution in [3.8, 4) is 0 Å². The normalized spacial score (nSPS) is 20.1. The lowest BCUT2D eigenvalue weighted by Gasteiger charge is -2.34. The van der Waals surface area contributed by atoms with E-state index in [0.29, 0.717) is 13.1 Å². The highest BCUT2D eigenvalue weighted by Crippen LogP contribution is 2.25. The average Bonchev–Trinajstić information content (AvgIpc) is 2.45. The monoisotopic (exact) mass is 312 g/mol. The number of nitrogens with zero attached hydrogens (tertiary/aromatic N) is 2. The Morgan fingerprint density at radius 3 is 2.86 bits per heavy atom. The van der Waals surface area contributed by atoms with E-state index in [9.17, 15) is 20.0 Å². The molecule has 0 radical (unpaired) electrons. The zero-order valence-corrected chi connectivity index (χ0v) is 12.4. The number of aliphatic hydroxyl groups excluding tert-OH is 1. The maximum Gasteiger partial charge on any atom is 0.271 e. The second-order valence-corrected chi connectivity index (χ2v) is 5.79. The van der Waals surface area contributed by atoms with Crippen LogP contribution in [0, 0.1) is 16.0 Å². The summed E-state index contributed by atoms with van der Waals surface area (Å²) in [6.45, 7) is 2.75. The molecule has 2 rings (SSSR count). The Hall–Kier alpha value is -1.66. The van der Waals surface area contributed by atoms with Crippen LogP contribution >= 0.6 is 11.6 Å². The topological polar surface area (TPSA) is 83.7 Å². The van der Waals surface area contributed by atoms with Crippen LogP contribution in [0.1, 0.15) is 30.1 Å². The van der Waals surface area contributed by atoms with Gasteiger partial charge in [0, 0.05) is 41.7 Å². The minimum atomic E-state index is -0.572. The lowest BCUT2D eigenvalue weighted by molar-refractivity contribution is -0.384. The molecule has 0 bridgehead atoms. The molecule has 1 aromatic rings. The van der Waals surface area contributed by atoms with Crippen molar-refractivity contribution < 1.29 is 14.8 Å². The van der Waals surface area contributed by atoms with Gasteiger partial charge in [-0.3, -0.25) is 14.9 Å². The third-order valence-corrected chi connectivity index (χ3v) is 3.99. The number of carbonyl (C=O) groups excluding carboxylic acids is 1. The zero-order chi connectivity index (χ0) is 15.6. The smallest absolute Gasteiger partial charge is 0.271 e. The summed E-state index contributed by atoms with van der Waals surface area (Å²) < 4.78 is 0. The van der Waals surface area contributed by atoms with Crippen molar-refractivity contribution in [3.05, 3.63) is 38.9 Å². The first-order chi connectivity index (χ1) is 9.88. The second kappa shape index (κ2) is 6.41. The number of piperidine rings is 1. The minimum Gasteiger partial charge on any atom is -0.393 e. The van der Waals surface area contributed by atoms with Crippen molar-refractivity contribution in [2.75, 3.05) is 13.1 Å². The van der Waals surface area contributed by atoms with Crippen LogP contribution in [0.25, 0.3) is 0 Å². The van der Waals surface area contributed by atoms with E-state index in [1.54, 1.807) is 11.8 Å². The molecule has 1 aliphatic rings. The summed E-state index contributed by atoms with van der Waals surface area (Å²) in [6, 6.07) is 3.89. The van der Waals surface area contributed by atoms with Gasteiger partial charge in [-0.25, -0.2) is 0 Å². The van der Waals surface area contributed by atoms with Gasteiger partial charge in [-0.05, 0) is 25.8 Å². The van der Waals surface area contributed by atoms with Crippen LogP contribution in [0.4, 0.5) is 5.69 Å². The molecule has 1 N–H and O–H groups in total. The number of halogens is 1. The van der Waals surface area contributed by atoms with Gasteiger partial charge in [0.2, 0.25) is 0 Å². The second-order valence-electron chi connectivity index (χ2n) is 5.35. The number of carbonyl (C=O) groups is 1. The Balaban J connectivity index is 2.21. The largest absolute Gasteiger partial charge is 0.393 e. The van der Waals surface area contributed by atoms with E-state index in [1.807, 2.05) is 0 Å². The maximum absolute atomic E-state index is 12.5. The summed E-state index contributed by atoms with van der Waals surface area (Å²) in [4.78, 5) is 24.3. The van der Waals surface area contributed by atoms with Crippen LogP contribution in [-0.2, 0) is 0 Å². The molecular weight excluding hydrogens is 296 g/mol. The molecule has 1 saturated heterocycles. The van der Waals surface area contributed by atoms with E-state index < -0.39 is 11.0 Å².